The standard InChI is InChI=1S/C23H28N2O5/c1-14-7-6-8-18(15(14)2)25-13-17(10-22(25)26)23(27)24-12-16-9-20(29-4)21(30-5)11-19(16)28-3/h6-9,11,17H,10,12-13H2,1-5H3,(H,24,27)/t17-/m0/s1. The lowest BCUT2D eigenvalue weighted by Gasteiger charge is -2.20. The highest BCUT2D eigenvalue weighted by molar-refractivity contribution is 6.00. The topological polar surface area (TPSA) is 77.1 Å². The van der Waals surface area contributed by atoms with Crippen LogP contribution in [0.1, 0.15) is 23.1 Å². The molecule has 7 nitrogen and oxygen atoms in total. The number of aryl methyl sites for hydroxylation is 1. The van der Waals surface area contributed by atoms with E-state index in [1.54, 1.807) is 38.4 Å². The Morgan fingerprint density at radius 3 is 2.40 bits per heavy atom. The zero-order valence-corrected chi connectivity index (χ0v) is 18.1. The second-order valence-corrected chi connectivity index (χ2v) is 7.36. The highest BCUT2D eigenvalue weighted by Gasteiger charge is 2.35. The first-order chi connectivity index (χ1) is 14.4. The van der Waals surface area contributed by atoms with Crippen molar-refractivity contribution >= 4 is 17.5 Å². The van der Waals surface area contributed by atoms with Gasteiger partial charge in [0.2, 0.25) is 11.8 Å². The molecule has 1 heterocycles. The van der Waals surface area contributed by atoms with E-state index in [1.807, 2.05) is 32.0 Å². The fraction of sp³-hybridized carbons (Fsp3) is 0.391. The van der Waals surface area contributed by atoms with Crippen molar-refractivity contribution in [3.63, 3.8) is 0 Å². The quantitative estimate of drug-likeness (QED) is 0.757. The van der Waals surface area contributed by atoms with Crippen molar-refractivity contribution in [2.45, 2.75) is 26.8 Å². The van der Waals surface area contributed by atoms with Gasteiger partial charge in [-0.15, -0.1) is 0 Å². The number of hydrogen-bond donors (Lipinski definition) is 1. The van der Waals surface area contributed by atoms with Crippen LogP contribution in [-0.2, 0) is 16.1 Å². The SMILES string of the molecule is COc1cc(OC)c(OC)cc1CNC(=O)[C@H]1CC(=O)N(c2cccc(C)c2C)C1. The number of carbonyl (C=O) groups is 2. The first-order valence-electron chi connectivity index (χ1n) is 9.82. The van der Waals surface area contributed by atoms with Gasteiger partial charge in [-0.2, -0.15) is 0 Å². The van der Waals surface area contributed by atoms with E-state index >= 15 is 0 Å². The average Bonchev–Trinajstić information content (AvgIpc) is 3.14. The summed E-state index contributed by atoms with van der Waals surface area (Å²) in [7, 11) is 4.67. The number of nitrogens with one attached hydrogen (secondary N) is 1. The zero-order valence-electron chi connectivity index (χ0n) is 18.1. The second kappa shape index (κ2) is 9.07. The number of benzene rings is 2. The minimum atomic E-state index is -0.399. The van der Waals surface area contributed by atoms with Gasteiger partial charge >= 0.3 is 0 Å². The smallest absolute Gasteiger partial charge is 0.227 e. The molecular formula is C23H28N2O5. The number of anilines is 1. The molecule has 1 N–H and O–H groups in total. The predicted octanol–water partition coefficient (Wildman–Crippen LogP) is 3.00. The molecule has 30 heavy (non-hydrogen) atoms. The van der Waals surface area contributed by atoms with Gasteiger partial charge in [-0.05, 0) is 37.1 Å². The van der Waals surface area contributed by atoms with E-state index in [0.29, 0.717) is 23.8 Å². The Hall–Kier alpha value is -3.22. The van der Waals surface area contributed by atoms with Crippen molar-refractivity contribution in [3.05, 3.63) is 47.0 Å². The Balaban J connectivity index is 1.70. The summed E-state index contributed by atoms with van der Waals surface area (Å²) in [6, 6.07) is 9.37. The van der Waals surface area contributed by atoms with Gasteiger partial charge in [0, 0.05) is 36.8 Å². The molecule has 0 spiro atoms. The van der Waals surface area contributed by atoms with Crippen molar-refractivity contribution in [3.8, 4) is 17.2 Å². The summed E-state index contributed by atoms with van der Waals surface area (Å²) >= 11 is 0. The fourth-order valence-corrected chi connectivity index (χ4v) is 3.70. The van der Waals surface area contributed by atoms with Crippen LogP contribution < -0.4 is 24.4 Å². The third kappa shape index (κ3) is 4.20. The average molecular weight is 412 g/mol. The molecule has 0 aromatic heterocycles. The number of hydrogen-bond acceptors (Lipinski definition) is 5. The summed E-state index contributed by atoms with van der Waals surface area (Å²) in [5.41, 5.74) is 3.81. The fourth-order valence-electron chi connectivity index (χ4n) is 3.70. The Bertz CT molecular complexity index is 957. The van der Waals surface area contributed by atoms with Gasteiger partial charge in [0.1, 0.15) is 5.75 Å². The highest BCUT2D eigenvalue weighted by atomic mass is 16.5. The molecule has 1 aliphatic rings. The molecule has 160 valence electrons. The van der Waals surface area contributed by atoms with Crippen molar-refractivity contribution in [1.29, 1.82) is 0 Å². The molecule has 1 fully saturated rings. The van der Waals surface area contributed by atoms with Gasteiger partial charge in [0.05, 0.1) is 27.2 Å². The van der Waals surface area contributed by atoms with Crippen molar-refractivity contribution in [2.24, 2.45) is 5.92 Å². The Morgan fingerprint density at radius 2 is 1.73 bits per heavy atom. The van der Waals surface area contributed by atoms with Gasteiger partial charge in [-0.1, -0.05) is 12.1 Å². The van der Waals surface area contributed by atoms with Crippen LogP contribution in [0.2, 0.25) is 0 Å². The van der Waals surface area contributed by atoms with Crippen LogP contribution >= 0.6 is 0 Å². The summed E-state index contributed by atoms with van der Waals surface area (Å²) < 4.78 is 16.0. The number of nitrogens with zero attached hydrogens (tertiary/aromatic N) is 1. The maximum Gasteiger partial charge on any atom is 0.227 e. The first kappa shape index (κ1) is 21.5. The predicted molar refractivity (Wildman–Crippen MR) is 114 cm³/mol. The molecule has 7 heteroatoms. The van der Waals surface area contributed by atoms with Crippen LogP contribution in [0, 0.1) is 19.8 Å². The lowest BCUT2D eigenvalue weighted by atomic mass is 10.1. The second-order valence-electron chi connectivity index (χ2n) is 7.36. The molecule has 1 aliphatic heterocycles. The van der Waals surface area contributed by atoms with Crippen molar-refractivity contribution < 1.29 is 23.8 Å². The van der Waals surface area contributed by atoms with Crippen LogP contribution in [0.15, 0.2) is 30.3 Å². The number of methoxy groups -OCH3 is 3. The summed E-state index contributed by atoms with van der Waals surface area (Å²) in [5.74, 6) is 1.10. The Morgan fingerprint density at radius 1 is 1.07 bits per heavy atom. The maximum absolute atomic E-state index is 12.8. The van der Waals surface area contributed by atoms with E-state index in [1.165, 1.54) is 0 Å². The van der Waals surface area contributed by atoms with Crippen LogP contribution in [0.5, 0.6) is 17.2 Å². The lowest BCUT2D eigenvalue weighted by molar-refractivity contribution is -0.126. The largest absolute Gasteiger partial charge is 0.496 e. The maximum atomic E-state index is 12.8. The first-order valence-corrected chi connectivity index (χ1v) is 9.82. The third-order valence-corrected chi connectivity index (χ3v) is 5.60. The van der Waals surface area contributed by atoms with E-state index in [4.69, 9.17) is 14.2 Å². The van der Waals surface area contributed by atoms with Crippen LogP contribution in [-0.4, -0.2) is 39.7 Å². The molecule has 3 rings (SSSR count). The van der Waals surface area contributed by atoms with E-state index in [0.717, 1.165) is 22.4 Å². The lowest BCUT2D eigenvalue weighted by Crippen LogP contribution is -2.33. The Labute approximate surface area is 176 Å². The minimum Gasteiger partial charge on any atom is -0.496 e. The molecule has 2 aromatic carbocycles. The van der Waals surface area contributed by atoms with Gasteiger partial charge in [0.15, 0.2) is 11.5 Å². The Kier molecular flexibility index (Phi) is 6.50. The molecule has 1 saturated heterocycles. The summed E-state index contributed by atoms with van der Waals surface area (Å²) in [4.78, 5) is 27.1. The number of amides is 2. The number of ether oxygens (including phenoxy) is 3. The monoisotopic (exact) mass is 412 g/mol. The number of rotatable bonds is 7. The van der Waals surface area contributed by atoms with Crippen molar-refractivity contribution in [2.75, 3.05) is 32.8 Å². The normalized spacial score (nSPS) is 15.8. The van der Waals surface area contributed by atoms with E-state index in [-0.39, 0.29) is 24.8 Å². The van der Waals surface area contributed by atoms with E-state index in [9.17, 15) is 9.59 Å². The van der Waals surface area contributed by atoms with Crippen molar-refractivity contribution in [1.82, 2.24) is 5.32 Å². The van der Waals surface area contributed by atoms with E-state index in [2.05, 4.69) is 5.32 Å². The molecule has 0 bridgehead atoms. The van der Waals surface area contributed by atoms with Gasteiger partial charge in [0.25, 0.3) is 0 Å². The molecule has 1 atom stereocenters. The molecule has 2 amide bonds. The minimum absolute atomic E-state index is 0.0347. The van der Waals surface area contributed by atoms with Crippen LogP contribution in [0.4, 0.5) is 5.69 Å². The van der Waals surface area contributed by atoms with Gasteiger partial charge in [-0.3, -0.25) is 9.59 Å². The zero-order chi connectivity index (χ0) is 21.8. The molecule has 0 aliphatic carbocycles. The molecule has 0 radical (unpaired) electrons. The van der Waals surface area contributed by atoms with Crippen LogP contribution in [0.25, 0.3) is 0 Å². The van der Waals surface area contributed by atoms with Gasteiger partial charge < -0.3 is 24.4 Å². The van der Waals surface area contributed by atoms with Crippen LogP contribution in [0.3, 0.4) is 0 Å². The van der Waals surface area contributed by atoms with Gasteiger partial charge in [-0.25, -0.2) is 0 Å². The number of carbonyl (C=O) groups excluding carboxylic acids is 2. The molecular weight excluding hydrogens is 384 g/mol. The summed E-state index contributed by atoms with van der Waals surface area (Å²) in [6.07, 6.45) is 0.197. The summed E-state index contributed by atoms with van der Waals surface area (Å²) in [5, 5.41) is 2.93. The molecule has 0 saturated carbocycles. The molecule has 2 aromatic rings. The van der Waals surface area contributed by atoms with E-state index < -0.39 is 5.92 Å². The molecule has 0 unspecified atom stereocenters. The highest BCUT2D eigenvalue weighted by Crippen LogP contribution is 2.35. The summed E-state index contributed by atoms with van der Waals surface area (Å²) in [6.45, 7) is 4.64. The third-order valence-electron chi connectivity index (χ3n) is 5.60.